The van der Waals surface area contributed by atoms with Crippen LogP contribution >= 0.6 is 11.8 Å². The molecular formula is C14H20O2S. The fourth-order valence-electron chi connectivity index (χ4n) is 1.46. The van der Waals surface area contributed by atoms with E-state index in [1.807, 2.05) is 51.1 Å². The van der Waals surface area contributed by atoms with Gasteiger partial charge in [0.25, 0.3) is 0 Å². The Balaban J connectivity index is 2.70. The molecule has 2 unspecified atom stereocenters. The lowest BCUT2D eigenvalue weighted by atomic mass is 9.99. The molecule has 2 nitrogen and oxygen atoms in total. The number of hydrogen-bond donors (Lipinski definition) is 1. The Hall–Kier alpha value is -0.800. The molecule has 0 spiro atoms. The molecule has 0 fully saturated rings. The Labute approximate surface area is 107 Å². The molecule has 0 aliphatic heterocycles. The van der Waals surface area contributed by atoms with Crippen molar-refractivity contribution in [2.24, 2.45) is 5.92 Å². The Morgan fingerprint density at radius 1 is 1.24 bits per heavy atom. The number of carbonyl (C=O) groups excluding carboxylic acids is 1. The van der Waals surface area contributed by atoms with Gasteiger partial charge in [-0.25, -0.2) is 0 Å². The van der Waals surface area contributed by atoms with Crippen molar-refractivity contribution < 1.29 is 9.90 Å². The summed E-state index contributed by atoms with van der Waals surface area (Å²) in [6, 6.07) is 9.32. The van der Waals surface area contributed by atoms with Crippen molar-refractivity contribution >= 4 is 16.9 Å². The number of benzene rings is 1. The molecule has 0 aromatic heterocycles. The fraction of sp³-hybridized carbons (Fsp3) is 0.500. The molecule has 0 amide bonds. The van der Waals surface area contributed by atoms with Crippen LogP contribution < -0.4 is 0 Å². The maximum atomic E-state index is 12.0. The van der Waals surface area contributed by atoms with Gasteiger partial charge in [-0.05, 0) is 5.56 Å². The first kappa shape index (κ1) is 14.3. The maximum absolute atomic E-state index is 12.0. The molecule has 0 radical (unpaired) electrons. The van der Waals surface area contributed by atoms with E-state index in [1.165, 1.54) is 11.8 Å². The van der Waals surface area contributed by atoms with E-state index in [1.54, 1.807) is 6.92 Å². The number of hydrogen-bond acceptors (Lipinski definition) is 3. The summed E-state index contributed by atoms with van der Waals surface area (Å²) >= 11 is 1.29. The van der Waals surface area contributed by atoms with Crippen LogP contribution in [-0.4, -0.2) is 15.0 Å². The van der Waals surface area contributed by atoms with Gasteiger partial charge in [0.1, 0.15) is 0 Å². The van der Waals surface area contributed by atoms with Crippen LogP contribution in [0.15, 0.2) is 30.3 Å². The van der Waals surface area contributed by atoms with Crippen molar-refractivity contribution in [1.82, 2.24) is 0 Å². The molecule has 0 saturated carbocycles. The molecule has 0 aliphatic rings. The highest BCUT2D eigenvalue weighted by Gasteiger charge is 2.27. The van der Waals surface area contributed by atoms with Crippen LogP contribution in [0.2, 0.25) is 0 Å². The summed E-state index contributed by atoms with van der Waals surface area (Å²) in [4.78, 5) is 12.0. The zero-order chi connectivity index (χ0) is 13.1. The summed E-state index contributed by atoms with van der Waals surface area (Å²) in [6.45, 7) is 7.77. The zero-order valence-corrected chi connectivity index (χ0v) is 11.6. The molecule has 0 saturated heterocycles. The van der Waals surface area contributed by atoms with E-state index in [9.17, 15) is 9.90 Å². The summed E-state index contributed by atoms with van der Waals surface area (Å²) in [5.74, 6) is -0.387. The van der Waals surface area contributed by atoms with Crippen LogP contribution in [0, 0.1) is 5.92 Å². The Bertz CT molecular complexity index is 368. The van der Waals surface area contributed by atoms with Gasteiger partial charge in [0.2, 0.25) is 0 Å². The molecule has 0 heterocycles. The van der Waals surface area contributed by atoms with Crippen molar-refractivity contribution in [3.63, 3.8) is 0 Å². The molecule has 94 valence electrons. The van der Waals surface area contributed by atoms with Crippen LogP contribution in [0.5, 0.6) is 0 Å². The first-order valence-corrected chi connectivity index (χ1v) is 6.59. The van der Waals surface area contributed by atoms with Crippen molar-refractivity contribution in [1.29, 1.82) is 0 Å². The lowest BCUT2D eigenvalue weighted by Crippen LogP contribution is -2.21. The zero-order valence-electron chi connectivity index (χ0n) is 10.8. The van der Waals surface area contributed by atoms with Crippen LogP contribution in [0.3, 0.4) is 0 Å². The third kappa shape index (κ3) is 4.52. The molecule has 3 heteroatoms. The monoisotopic (exact) mass is 252 g/mol. The highest BCUT2D eigenvalue weighted by molar-refractivity contribution is 8.14. The van der Waals surface area contributed by atoms with E-state index in [0.717, 1.165) is 5.56 Å². The number of rotatable bonds is 3. The smallest absolute Gasteiger partial charge is 0.195 e. The van der Waals surface area contributed by atoms with E-state index < -0.39 is 6.10 Å². The summed E-state index contributed by atoms with van der Waals surface area (Å²) in [7, 11) is 0. The molecule has 0 bridgehead atoms. The summed E-state index contributed by atoms with van der Waals surface area (Å²) < 4.78 is -0.109. The lowest BCUT2D eigenvalue weighted by Gasteiger charge is -2.22. The van der Waals surface area contributed by atoms with Crippen molar-refractivity contribution in [2.75, 3.05) is 0 Å². The standard InChI is InChI=1S/C14H20O2S/c1-10(13(16)17-14(2,3)4)12(15)11-8-6-5-7-9-11/h5-10,12,15H,1-4H3. The molecule has 1 aromatic carbocycles. The SMILES string of the molecule is CC(C(=O)SC(C)(C)C)C(O)c1ccccc1. The molecule has 1 rings (SSSR count). The van der Waals surface area contributed by atoms with Gasteiger partial charge in [0, 0.05) is 4.75 Å². The Morgan fingerprint density at radius 3 is 2.24 bits per heavy atom. The minimum Gasteiger partial charge on any atom is -0.388 e. The lowest BCUT2D eigenvalue weighted by molar-refractivity contribution is -0.117. The Kier molecular flexibility index (Phi) is 4.78. The summed E-state index contributed by atoms with van der Waals surface area (Å²) in [5.41, 5.74) is 0.794. The molecular weight excluding hydrogens is 232 g/mol. The third-order valence-electron chi connectivity index (χ3n) is 2.39. The van der Waals surface area contributed by atoms with Gasteiger partial charge >= 0.3 is 0 Å². The van der Waals surface area contributed by atoms with E-state index in [2.05, 4.69) is 0 Å². The molecule has 17 heavy (non-hydrogen) atoms. The van der Waals surface area contributed by atoms with Gasteiger partial charge in [-0.3, -0.25) is 4.79 Å². The average Bonchev–Trinajstić information content (AvgIpc) is 2.26. The molecule has 1 aromatic rings. The average molecular weight is 252 g/mol. The summed E-state index contributed by atoms with van der Waals surface area (Å²) in [5, 5.41) is 10.2. The van der Waals surface area contributed by atoms with Crippen LogP contribution in [0.4, 0.5) is 0 Å². The molecule has 1 N–H and O–H groups in total. The predicted molar refractivity (Wildman–Crippen MR) is 72.9 cm³/mol. The first-order chi connectivity index (χ1) is 7.81. The number of aliphatic hydroxyl groups excluding tert-OH is 1. The largest absolute Gasteiger partial charge is 0.388 e. The van der Waals surface area contributed by atoms with Crippen LogP contribution in [0.25, 0.3) is 0 Å². The van der Waals surface area contributed by atoms with E-state index in [4.69, 9.17) is 0 Å². The third-order valence-corrected chi connectivity index (χ3v) is 3.58. The highest BCUT2D eigenvalue weighted by Crippen LogP contribution is 2.32. The Morgan fingerprint density at radius 2 is 1.76 bits per heavy atom. The van der Waals surface area contributed by atoms with Crippen molar-refractivity contribution in [3.05, 3.63) is 35.9 Å². The molecule has 2 atom stereocenters. The first-order valence-electron chi connectivity index (χ1n) is 5.77. The predicted octanol–water partition coefficient (Wildman–Crippen LogP) is 3.41. The van der Waals surface area contributed by atoms with Gasteiger partial charge < -0.3 is 5.11 Å². The minimum absolute atomic E-state index is 0.0360. The van der Waals surface area contributed by atoms with E-state index >= 15 is 0 Å². The fourth-order valence-corrected chi connectivity index (χ4v) is 2.38. The quantitative estimate of drug-likeness (QED) is 0.895. The highest BCUT2D eigenvalue weighted by atomic mass is 32.2. The van der Waals surface area contributed by atoms with Crippen LogP contribution in [0.1, 0.15) is 39.4 Å². The number of carbonyl (C=O) groups is 1. The van der Waals surface area contributed by atoms with Crippen LogP contribution in [-0.2, 0) is 4.79 Å². The van der Waals surface area contributed by atoms with Gasteiger partial charge in [-0.15, -0.1) is 0 Å². The second-order valence-electron chi connectivity index (χ2n) is 5.18. The van der Waals surface area contributed by atoms with E-state index in [0.29, 0.717) is 0 Å². The van der Waals surface area contributed by atoms with Gasteiger partial charge in [0.05, 0.1) is 12.0 Å². The number of thioether (sulfide) groups is 1. The van der Waals surface area contributed by atoms with Crippen molar-refractivity contribution in [3.8, 4) is 0 Å². The second kappa shape index (κ2) is 5.69. The van der Waals surface area contributed by atoms with Gasteiger partial charge in [-0.2, -0.15) is 0 Å². The van der Waals surface area contributed by atoms with Gasteiger partial charge in [-0.1, -0.05) is 69.8 Å². The van der Waals surface area contributed by atoms with Crippen molar-refractivity contribution in [2.45, 2.75) is 38.5 Å². The minimum atomic E-state index is -0.724. The maximum Gasteiger partial charge on any atom is 0.195 e. The summed E-state index contributed by atoms with van der Waals surface area (Å²) in [6.07, 6.45) is -0.724. The van der Waals surface area contributed by atoms with E-state index in [-0.39, 0.29) is 15.8 Å². The second-order valence-corrected chi connectivity index (χ2v) is 7.01. The van der Waals surface area contributed by atoms with Gasteiger partial charge in [0.15, 0.2) is 5.12 Å². The number of aliphatic hydroxyl groups is 1. The molecule has 0 aliphatic carbocycles. The topological polar surface area (TPSA) is 37.3 Å². The normalized spacial score (nSPS) is 15.4.